The average Bonchev–Trinajstić information content (AvgIpc) is 2.46. The van der Waals surface area contributed by atoms with Crippen LogP contribution in [0.5, 0.6) is 5.75 Å². The normalized spacial score (nSPS) is 13.2. The van der Waals surface area contributed by atoms with Crippen LogP contribution in [0.3, 0.4) is 0 Å². The van der Waals surface area contributed by atoms with Crippen LogP contribution in [0, 0.1) is 0 Å². The van der Waals surface area contributed by atoms with Crippen molar-refractivity contribution in [2.24, 2.45) is 0 Å². The molecule has 1 rings (SSSR count). The zero-order valence-corrected chi connectivity index (χ0v) is 14.8. The van der Waals surface area contributed by atoms with Crippen LogP contribution in [-0.2, 0) is 11.8 Å². The lowest BCUT2D eigenvalue weighted by molar-refractivity contribution is 0.255. The molecule has 0 radical (unpaired) electrons. The van der Waals surface area contributed by atoms with Gasteiger partial charge in [-0.05, 0) is 48.4 Å². The SMILES string of the molecule is CCCNC(CC)COc1ccc(CC)cc1C(C)(C)C. The number of rotatable bonds is 8. The highest BCUT2D eigenvalue weighted by molar-refractivity contribution is 5.41. The average molecular weight is 291 g/mol. The standard InChI is InChI=1S/C19H33NO/c1-7-12-20-16(9-3)14-21-18-11-10-15(8-2)13-17(18)19(4,5)6/h10-11,13,16,20H,7-9,12,14H2,1-6H3. The van der Waals surface area contributed by atoms with E-state index in [1.165, 1.54) is 11.1 Å². The van der Waals surface area contributed by atoms with Crippen LogP contribution in [0.15, 0.2) is 18.2 Å². The van der Waals surface area contributed by atoms with Crippen molar-refractivity contribution in [1.82, 2.24) is 5.32 Å². The molecule has 2 nitrogen and oxygen atoms in total. The fraction of sp³-hybridized carbons (Fsp3) is 0.684. The smallest absolute Gasteiger partial charge is 0.123 e. The van der Waals surface area contributed by atoms with Gasteiger partial charge in [-0.3, -0.25) is 0 Å². The number of aryl methyl sites for hydroxylation is 1. The predicted molar refractivity (Wildman–Crippen MR) is 92.4 cm³/mol. The molecule has 1 unspecified atom stereocenters. The fourth-order valence-electron chi connectivity index (χ4n) is 2.37. The third-order valence-corrected chi connectivity index (χ3v) is 3.88. The van der Waals surface area contributed by atoms with E-state index in [0.29, 0.717) is 6.04 Å². The summed E-state index contributed by atoms with van der Waals surface area (Å²) in [4.78, 5) is 0. The van der Waals surface area contributed by atoms with Crippen molar-refractivity contribution in [2.75, 3.05) is 13.2 Å². The van der Waals surface area contributed by atoms with Crippen LogP contribution < -0.4 is 10.1 Å². The Bertz CT molecular complexity index is 420. The van der Waals surface area contributed by atoms with E-state index in [-0.39, 0.29) is 5.41 Å². The molecule has 0 aromatic heterocycles. The summed E-state index contributed by atoms with van der Waals surface area (Å²) in [5.41, 5.74) is 2.80. The van der Waals surface area contributed by atoms with Gasteiger partial charge in [0.05, 0.1) is 0 Å². The van der Waals surface area contributed by atoms with Gasteiger partial charge < -0.3 is 10.1 Å². The molecule has 0 amide bonds. The molecule has 0 saturated carbocycles. The van der Waals surface area contributed by atoms with Crippen LogP contribution in [0.25, 0.3) is 0 Å². The number of hydrogen-bond acceptors (Lipinski definition) is 2. The summed E-state index contributed by atoms with van der Waals surface area (Å²) in [5.74, 6) is 1.04. The number of ether oxygens (including phenoxy) is 1. The van der Waals surface area contributed by atoms with Crippen molar-refractivity contribution in [2.45, 2.75) is 72.3 Å². The van der Waals surface area contributed by atoms with E-state index < -0.39 is 0 Å². The highest BCUT2D eigenvalue weighted by atomic mass is 16.5. The van der Waals surface area contributed by atoms with Crippen LogP contribution in [0.1, 0.15) is 65.5 Å². The fourth-order valence-corrected chi connectivity index (χ4v) is 2.37. The molecule has 0 heterocycles. The summed E-state index contributed by atoms with van der Waals surface area (Å²) >= 11 is 0. The van der Waals surface area contributed by atoms with E-state index >= 15 is 0 Å². The van der Waals surface area contributed by atoms with Gasteiger partial charge in [0.25, 0.3) is 0 Å². The van der Waals surface area contributed by atoms with E-state index in [9.17, 15) is 0 Å². The lowest BCUT2D eigenvalue weighted by atomic mass is 9.85. The molecule has 0 saturated heterocycles. The largest absolute Gasteiger partial charge is 0.492 e. The topological polar surface area (TPSA) is 21.3 Å². The van der Waals surface area contributed by atoms with Gasteiger partial charge in [0.2, 0.25) is 0 Å². The Morgan fingerprint density at radius 1 is 1.14 bits per heavy atom. The van der Waals surface area contributed by atoms with Crippen molar-refractivity contribution in [1.29, 1.82) is 0 Å². The lowest BCUT2D eigenvalue weighted by Gasteiger charge is -2.25. The van der Waals surface area contributed by atoms with E-state index in [1.807, 2.05) is 0 Å². The molecule has 1 atom stereocenters. The Labute approximate surface area is 131 Å². The predicted octanol–water partition coefficient (Wildman–Crippen LogP) is 4.70. The summed E-state index contributed by atoms with van der Waals surface area (Å²) in [6.45, 7) is 15.2. The summed E-state index contributed by atoms with van der Waals surface area (Å²) in [7, 11) is 0. The number of benzene rings is 1. The number of hydrogen-bond donors (Lipinski definition) is 1. The molecule has 0 aliphatic carbocycles. The van der Waals surface area contributed by atoms with Crippen molar-refractivity contribution >= 4 is 0 Å². The Morgan fingerprint density at radius 3 is 2.38 bits per heavy atom. The van der Waals surface area contributed by atoms with Gasteiger partial charge in [0, 0.05) is 6.04 Å². The zero-order valence-electron chi connectivity index (χ0n) is 14.8. The molecule has 1 aromatic rings. The Hall–Kier alpha value is -1.02. The molecular formula is C19H33NO. The molecule has 0 aliphatic heterocycles. The van der Waals surface area contributed by atoms with E-state index in [0.717, 1.165) is 38.2 Å². The van der Waals surface area contributed by atoms with Crippen molar-refractivity contribution < 1.29 is 4.74 Å². The molecule has 0 spiro atoms. The van der Waals surface area contributed by atoms with Crippen LogP contribution in [0.4, 0.5) is 0 Å². The van der Waals surface area contributed by atoms with Gasteiger partial charge in [0.1, 0.15) is 12.4 Å². The van der Waals surface area contributed by atoms with E-state index in [4.69, 9.17) is 4.74 Å². The third kappa shape index (κ3) is 5.70. The Morgan fingerprint density at radius 2 is 1.86 bits per heavy atom. The minimum absolute atomic E-state index is 0.110. The second-order valence-corrected chi connectivity index (χ2v) is 6.80. The Balaban J connectivity index is 2.82. The zero-order chi connectivity index (χ0) is 15.9. The first-order chi connectivity index (χ1) is 9.92. The van der Waals surface area contributed by atoms with Crippen LogP contribution >= 0.6 is 0 Å². The quantitative estimate of drug-likeness (QED) is 0.749. The molecule has 21 heavy (non-hydrogen) atoms. The molecular weight excluding hydrogens is 258 g/mol. The molecule has 1 aromatic carbocycles. The summed E-state index contributed by atoms with van der Waals surface area (Å²) in [6.07, 6.45) is 3.33. The first-order valence-corrected chi connectivity index (χ1v) is 8.41. The minimum atomic E-state index is 0.110. The second kappa shape index (κ2) is 8.43. The number of nitrogens with one attached hydrogen (secondary N) is 1. The maximum Gasteiger partial charge on any atom is 0.123 e. The summed E-state index contributed by atoms with van der Waals surface area (Å²) in [6, 6.07) is 7.07. The van der Waals surface area contributed by atoms with Crippen molar-refractivity contribution in [3.63, 3.8) is 0 Å². The van der Waals surface area contributed by atoms with E-state index in [1.54, 1.807) is 0 Å². The highest BCUT2D eigenvalue weighted by Crippen LogP contribution is 2.32. The summed E-state index contributed by atoms with van der Waals surface area (Å²) < 4.78 is 6.15. The maximum atomic E-state index is 6.15. The first kappa shape index (κ1) is 18.0. The van der Waals surface area contributed by atoms with Crippen molar-refractivity contribution in [3.8, 4) is 5.75 Å². The van der Waals surface area contributed by atoms with Crippen LogP contribution in [0.2, 0.25) is 0 Å². The van der Waals surface area contributed by atoms with Gasteiger partial charge in [-0.15, -0.1) is 0 Å². The first-order valence-electron chi connectivity index (χ1n) is 8.41. The molecule has 0 fully saturated rings. The molecule has 2 heteroatoms. The van der Waals surface area contributed by atoms with E-state index in [2.05, 4.69) is 65.1 Å². The van der Waals surface area contributed by atoms with Crippen LogP contribution in [-0.4, -0.2) is 19.2 Å². The van der Waals surface area contributed by atoms with Gasteiger partial charge >= 0.3 is 0 Å². The van der Waals surface area contributed by atoms with Gasteiger partial charge in [-0.1, -0.05) is 53.7 Å². The highest BCUT2D eigenvalue weighted by Gasteiger charge is 2.20. The maximum absolute atomic E-state index is 6.15. The lowest BCUT2D eigenvalue weighted by Crippen LogP contribution is -2.34. The molecule has 120 valence electrons. The molecule has 0 bridgehead atoms. The second-order valence-electron chi connectivity index (χ2n) is 6.80. The van der Waals surface area contributed by atoms with Crippen molar-refractivity contribution in [3.05, 3.63) is 29.3 Å². The van der Waals surface area contributed by atoms with Gasteiger partial charge in [-0.25, -0.2) is 0 Å². The third-order valence-electron chi connectivity index (χ3n) is 3.88. The van der Waals surface area contributed by atoms with Gasteiger partial charge in [0.15, 0.2) is 0 Å². The molecule has 1 N–H and O–H groups in total. The molecule has 0 aliphatic rings. The minimum Gasteiger partial charge on any atom is -0.492 e. The van der Waals surface area contributed by atoms with Gasteiger partial charge in [-0.2, -0.15) is 0 Å². The Kier molecular flexibility index (Phi) is 7.24. The summed E-state index contributed by atoms with van der Waals surface area (Å²) in [5, 5.41) is 3.55. The monoisotopic (exact) mass is 291 g/mol.